The predicted octanol–water partition coefficient (Wildman–Crippen LogP) is 6.75. The van der Waals surface area contributed by atoms with E-state index in [9.17, 15) is 9.59 Å². The zero-order chi connectivity index (χ0) is 21.9. The van der Waals surface area contributed by atoms with Crippen LogP contribution in [0.2, 0.25) is 0 Å². The number of imidazole rings is 1. The monoisotopic (exact) mass is 419 g/mol. The maximum Gasteiger partial charge on any atom is 0.220 e. The van der Waals surface area contributed by atoms with Crippen molar-refractivity contribution in [3.8, 4) is 0 Å². The van der Waals surface area contributed by atoms with Gasteiger partial charge in [-0.1, -0.05) is 104 Å². The summed E-state index contributed by atoms with van der Waals surface area (Å²) in [6.45, 7) is 4.17. The van der Waals surface area contributed by atoms with Crippen LogP contribution in [0.1, 0.15) is 134 Å². The van der Waals surface area contributed by atoms with Crippen LogP contribution in [-0.2, 0) is 4.79 Å². The van der Waals surface area contributed by atoms with Crippen LogP contribution < -0.4 is 5.32 Å². The fourth-order valence-electron chi connectivity index (χ4n) is 3.84. The van der Waals surface area contributed by atoms with Crippen molar-refractivity contribution in [2.75, 3.05) is 0 Å². The lowest BCUT2D eigenvalue weighted by atomic mass is 10.0. The number of Topliss-reactive ketones (excluding diaryl/α,β-unsaturated/α-hetero) is 1. The van der Waals surface area contributed by atoms with E-state index in [2.05, 4.69) is 22.2 Å². The van der Waals surface area contributed by atoms with E-state index in [4.69, 9.17) is 0 Å². The molecule has 30 heavy (non-hydrogen) atoms. The Labute approximate surface area is 184 Å². The van der Waals surface area contributed by atoms with Crippen molar-refractivity contribution in [2.45, 2.75) is 129 Å². The van der Waals surface area contributed by atoms with Crippen molar-refractivity contribution in [1.82, 2.24) is 15.3 Å². The minimum Gasteiger partial charge on any atom is -0.346 e. The van der Waals surface area contributed by atoms with Gasteiger partial charge in [-0.25, -0.2) is 4.98 Å². The highest BCUT2D eigenvalue weighted by Crippen LogP contribution is 2.13. The molecule has 1 aromatic heterocycles. The van der Waals surface area contributed by atoms with Crippen LogP contribution in [0.5, 0.6) is 0 Å². The lowest BCUT2D eigenvalue weighted by Gasteiger charge is -2.14. The van der Waals surface area contributed by atoms with Gasteiger partial charge in [-0.05, 0) is 12.8 Å². The Morgan fingerprint density at radius 1 is 0.833 bits per heavy atom. The lowest BCUT2D eigenvalue weighted by molar-refractivity contribution is -0.121. The summed E-state index contributed by atoms with van der Waals surface area (Å²) in [5, 5.41) is 2.86. The molecule has 172 valence electrons. The van der Waals surface area contributed by atoms with Gasteiger partial charge in [0.2, 0.25) is 11.7 Å². The molecule has 1 unspecified atom stereocenters. The molecule has 0 bridgehead atoms. The van der Waals surface area contributed by atoms with E-state index in [1.807, 2.05) is 6.92 Å². The number of amides is 1. The van der Waals surface area contributed by atoms with Crippen LogP contribution in [-0.4, -0.2) is 27.7 Å². The van der Waals surface area contributed by atoms with Crippen LogP contribution >= 0.6 is 0 Å². The Kier molecular flexibility index (Phi) is 16.0. The second-order valence-electron chi connectivity index (χ2n) is 8.53. The minimum atomic E-state index is -0.486. The SMILES string of the molecule is CCCCCCCCCCCCCCCCCC(=O)NC(CC)C(=O)c1ncc[nH]1. The van der Waals surface area contributed by atoms with Crippen molar-refractivity contribution >= 4 is 11.7 Å². The number of ketones is 1. The van der Waals surface area contributed by atoms with Crippen molar-refractivity contribution in [2.24, 2.45) is 0 Å². The largest absolute Gasteiger partial charge is 0.346 e. The lowest BCUT2D eigenvalue weighted by Crippen LogP contribution is -2.40. The van der Waals surface area contributed by atoms with E-state index < -0.39 is 6.04 Å². The fourth-order valence-corrected chi connectivity index (χ4v) is 3.84. The zero-order valence-electron chi connectivity index (χ0n) is 19.5. The average Bonchev–Trinajstić information content (AvgIpc) is 3.29. The van der Waals surface area contributed by atoms with E-state index in [-0.39, 0.29) is 11.7 Å². The van der Waals surface area contributed by atoms with Gasteiger partial charge >= 0.3 is 0 Å². The third-order valence-electron chi connectivity index (χ3n) is 5.80. The molecule has 0 aliphatic heterocycles. The van der Waals surface area contributed by atoms with E-state index in [1.165, 1.54) is 83.5 Å². The predicted molar refractivity (Wildman–Crippen MR) is 125 cm³/mol. The van der Waals surface area contributed by atoms with Gasteiger partial charge in [-0.15, -0.1) is 0 Å². The molecular weight excluding hydrogens is 374 g/mol. The Morgan fingerprint density at radius 2 is 1.33 bits per heavy atom. The average molecular weight is 420 g/mol. The third-order valence-corrected chi connectivity index (χ3v) is 5.80. The summed E-state index contributed by atoms with van der Waals surface area (Å²) in [6.07, 6.45) is 24.0. The summed E-state index contributed by atoms with van der Waals surface area (Å²) >= 11 is 0. The molecular formula is C25H45N3O2. The van der Waals surface area contributed by atoms with Crippen LogP contribution in [0.25, 0.3) is 0 Å². The number of aromatic amines is 1. The number of nitrogens with one attached hydrogen (secondary N) is 2. The Balaban J connectivity index is 1.91. The van der Waals surface area contributed by atoms with Gasteiger partial charge in [0, 0.05) is 18.8 Å². The molecule has 1 heterocycles. The maximum atomic E-state index is 12.3. The number of aromatic nitrogens is 2. The molecule has 0 saturated heterocycles. The minimum absolute atomic E-state index is 0.0311. The smallest absolute Gasteiger partial charge is 0.220 e. The summed E-state index contributed by atoms with van der Waals surface area (Å²) in [5.74, 6) is 0.137. The molecule has 0 radical (unpaired) electrons. The Hall–Kier alpha value is -1.65. The second-order valence-corrected chi connectivity index (χ2v) is 8.53. The highest BCUT2D eigenvalue weighted by atomic mass is 16.2. The van der Waals surface area contributed by atoms with Gasteiger partial charge in [0.05, 0.1) is 6.04 Å². The molecule has 2 N–H and O–H groups in total. The first-order valence-electron chi connectivity index (χ1n) is 12.5. The number of rotatable bonds is 20. The van der Waals surface area contributed by atoms with Crippen molar-refractivity contribution in [3.63, 3.8) is 0 Å². The van der Waals surface area contributed by atoms with Gasteiger partial charge < -0.3 is 10.3 Å². The third kappa shape index (κ3) is 12.8. The molecule has 0 fully saturated rings. The summed E-state index contributed by atoms with van der Waals surface area (Å²) in [6, 6.07) is -0.486. The van der Waals surface area contributed by atoms with Crippen LogP contribution in [0.4, 0.5) is 0 Å². The van der Waals surface area contributed by atoms with Gasteiger partial charge in [0.15, 0.2) is 5.82 Å². The van der Waals surface area contributed by atoms with E-state index in [1.54, 1.807) is 12.4 Å². The summed E-state index contributed by atoms with van der Waals surface area (Å²) < 4.78 is 0. The summed E-state index contributed by atoms with van der Waals surface area (Å²) in [7, 11) is 0. The van der Waals surface area contributed by atoms with Gasteiger partial charge in [0.1, 0.15) is 0 Å². The molecule has 0 aliphatic rings. The molecule has 0 spiro atoms. The number of H-pyrrole nitrogens is 1. The summed E-state index contributed by atoms with van der Waals surface area (Å²) in [4.78, 5) is 31.2. The van der Waals surface area contributed by atoms with Crippen molar-refractivity contribution in [3.05, 3.63) is 18.2 Å². The molecule has 5 nitrogen and oxygen atoms in total. The van der Waals surface area contributed by atoms with E-state index >= 15 is 0 Å². The van der Waals surface area contributed by atoms with Crippen LogP contribution in [0.15, 0.2) is 12.4 Å². The molecule has 0 saturated carbocycles. The fraction of sp³-hybridized carbons (Fsp3) is 0.800. The normalized spacial score (nSPS) is 12.1. The first-order chi connectivity index (χ1) is 14.7. The van der Waals surface area contributed by atoms with Crippen molar-refractivity contribution < 1.29 is 9.59 Å². The summed E-state index contributed by atoms with van der Waals surface area (Å²) in [5.41, 5.74) is 0. The first kappa shape index (κ1) is 26.4. The number of carbonyl (C=O) groups excluding carboxylic acids is 2. The second kappa shape index (κ2) is 18.1. The molecule has 0 aromatic carbocycles. The molecule has 0 aliphatic carbocycles. The van der Waals surface area contributed by atoms with Crippen molar-refractivity contribution in [1.29, 1.82) is 0 Å². The molecule has 1 atom stereocenters. The standard InChI is InChI=1S/C25H45N3O2/c1-3-5-6-7-8-9-10-11-12-13-14-15-16-17-18-19-23(29)28-22(4-2)24(30)25-26-20-21-27-25/h20-22H,3-19H2,1-2H3,(H,26,27)(H,28,29). The number of unbranched alkanes of at least 4 members (excludes halogenated alkanes) is 14. The zero-order valence-corrected chi connectivity index (χ0v) is 19.5. The van der Waals surface area contributed by atoms with Gasteiger partial charge in [0.25, 0.3) is 0 Å². The molecule has 5 heteroatoms. The maximum absolute atomic E-state index is 12.3. The quantitative estimate of drug-likeness (QED) is 0.181. The Morgan fingerprint density at radius 3 is 1.77 bits per heavy atom. The molecule has 1 aromatic rings. The highest BCUT2D eigenvalue weighted by molar-refractivity contribution is 5.99. The number of nitrogens with zero attached hydrogens (tertiary/aromatic N) is 1. The first-order valence-corrected chi connectivity index (χ1v) is 12.5. The van der Waals surface area contributed by atoms with Gasteiger partial charge in [-0.2, -0.15) is 0 Å². The number of hydrogen-bond donors (Lipinski definition) is 2. The Bertz CT molecular complexity index is 543. The van der Waals surface area contributed by atoms with Gasteiger partial charge in [-0.3, -0.25) is 9.59 Å². The van der Waals surface area contributed by atoms with Crippen LogP contribution in [0.3, 0.4) is 0 Å². The van der Waals surface area contributed by atoms with E-state index in [0.29, 0.717) is 18.7 Å². The topological polar surface area (TPSA) is 74.8 Å². The number of hydrogen-bond acceptors (Lipinski definition) is 3. The number of carbonyl (C=O) groups is 2. The van der Waals surface area contributed by atoms with Crippen LogP contribution in [0, 0.1) is 0 Å². The van der Waals surface area contributed by atoms with E-state index in [0.717, 1.165) is 12.8 Å². The highest BCUT2D eigenvalue weighted by Gasteiger charge is 2.21. The molecule has 1 amide bonds. The molecule has 1 rings (SSSR count).